The predicted octanol–water partition coefficient (Wildman–Crippen LogP) is 3.03. The molecule has 1 unspecified atom stereocenters. The Balaban J connectivity index is 2.63. The van der Waals surface area contributed by atoms with Crippen LogP contribution in [0, 0.1) is 17.1 Å². The predicted molar refractivity (Wildman–Crippen MR) is 48.1 cm³/mol. The highest BCUT2D eigenvalue weighted by molar-refractivity contribution is 6.31. The third-order valence-corrected chi connectivity index (χ3v) is 2.79. The van der Waals surface area contributed by atoms with E-state index < -0.39 is 0 Å². The fourth-order valence-corrected chi connectivity index (χ4v) is 2.06. The van der Waals surface area contributed by atoms with Crippen molar-refractivity contribution in [3.8, 4) is 6.07 Å². The molecule has 0 saturated carbocycles. The van der Waals surface area contributed by atoms with Crippen molar-refractivity contribution in [2.75, 3.05) is 0 Å². The molecule has 0 heterocycles. The van der Waals surface area contributed by atoms with Crippen molar-refractivity contribution in [2.24, 2.45) is 0 Å². The van der Waals surface area contributed by atoms with E-state index in [4.69, 9.17) is 16.9 Å². The van der Waals surface area contributed by atoms with Gasteiger partial charge in [-0.1, -0.05) is 11.6 Å². The van der Waals surface area contributed by atoms with E-state index in [0.29, 0.717) is 23.4 Å². The van der Waals surface area contributed by atoms with E-state index in [1.54, 1.807) is 6.07 Å². The molecule has 0 spiro atoms. The van der Waals surface area contributed by atoms with Gasteiger partial charge in [-0.3, -0.25) is 0 Å². The fraction of sp³-hybridized carbons (Fsp3) is 0.300. The van der Waals surface area contributed by atoms with Crippen LogP contribution in [0.25, 0.3) is 0 Å². The Hall–Kier alpha value is -1.07. The average Bonchev–Trinajstić information content (AvgIpc) is 2.56. The van der Waals surface area contributed by atoms with Gasteiger partial charge in [0, 0.05) is 10.6 Å². The summed E-state index contributed by atoms with van der Waals surface area (Å²) >= 11 is 5.89. The highest BCUT2D eigenvalue weighted by Crippen LogP contribution is 2.38. The Labute approximate surface area is 80.7 Å². The summed E-state index contributed by atoms with van der Waals surface area (Å²) in [4.78, 5) is 0. The molecule has 2 rings (SSSR count). The number of hydrogen-bond donors (Lipinski definition) is 0. The largest absolute Gasteiger partial charge is 0.207 e. The van der Waals surface area contributed by atoms with Crippen LogP contribution in [-0.2, 0) is 6.42 Å². The van der Waals surface area contributed by atoms with E-state index in [-0.39, 0.29) is 11.7 Å². The molecule has 0 radical (unpaired) electrons. The number of rotatable bonds is 0. The molecule has 1 atom stereocenters. The van der Waals surface area contributed by atoms with Crippen molar-refractivity contribution in [2.45, 2.75) is 18.8 Å². The van der Waals surface area contributed by atoms with Crippen molar-refractivity contribution in [1.82, 2.24) is 0 Å². The molecule has 1 aromatic rings. The maximum absolute atomic E-state index is 13.3. The second kappa shape index (κ2) is 3.01. The summed E-state index contributed by atoms with van der Waals surface area (Å²) in [6.07, 6.45) is 1.40. The van der Waals surface area contributed by atoms with Crippen LogP contribution in [0.4, 0.5) is 4.39 Å². The van der Waals surface area contributed by atoms with Gasteiger partial charge < -0.3 is 0 Å². The number of halogens is 2. The van der Waals surface area contributed by atoms with Gasteiger partial charge in [0.25, 0.3) is 0 Å². The van der Waals surface area contributed by atoms with E-state index in [9.17, 15) is 4.39 Å². The lowest BCUT2D eigenvalue weighted by molar-refractivity contribution is 0.606. The van der Waals surface area contributed by atoms with E-state index >= 15 is 0 Å². The maximum Gasteiger partial charge on any atom is 0.128 e. The zero-order valence-corrected chi connectivity index (χ0v) is 7.61. The van der Waals surface area contributed by atoms with Crippen molar-refractivity contribution in [3.05, 3.63) is 34.1 Å². The minimum Gasteiger partial charge on any atom is -0.207 e. The van der Waals surface area contributed by atoms with Crippen molar-refractivity contribution in [3.63, 3.8) is 0 Å². The van der Waals surface area contributed by atoms with Gasteiger partial charge >= 0.3 is 0 Å². The van der Waals surface area contributed by atoms with E-state index in [1.807, 2.05) is 0 Å². The lowest BCUT2D eigenvalue weighted by Gasteiger charge is -2.04. The highest BCUT2D eigenvalue weighted by atomic mass is 35.5. The minimum atomic E-state index is -0.311. The molecule has 13 heavy (non-hydrogen) atoms. The zero-order valence-electron chi connectivity index (χ0n) is 6.85. The molecular weight excluding hydrogens is 189 g/mol. The molecule has 0 fully saturated rings. The van der Waals surface area contributed by atoms with Crippen LogP contribution in [0.5, 0.6) is 0 Å². The molecule has 1 aliphatic carbocycles. The molecule has 3 heteroatoms. The molecule has 0 N–H and O–H groups in total. The zero-order chi connectivity index (χ0) is 9.42. The van der Waals surface area contributed by atoms with Gasteiger partial charge in [-0.05, 0) is 30.5 Å². The number of nitriles is 1. The maximum atomic E-state index is 13.3. The molecule has 66 valence electrons. The average molecular weight is 196 g/mol. The number of nitrogens with zero attached hydrogens (tertiary/aromatic N) is 1. The van der Waals surface area contributed by atoms with Gasteiger partial charge in [0.05, 0.1) is 12.0 Å². The van der Waals surface area contributed by atoms with E-state index in [2.05, 4.69) is 6.07 Å². The van der Waals surface area contributed by atoms with Gasteiger partial charge in [-0.25, -0.2) is 4.39 Å². The Morgan fingerprint density at radius 3 is 3.00 bits per heavy atom. The summed E-state index contributed by atoms with van der Waals surface area (Å²) < 4.78 is 13.3. The number of benzene rings is 1. The van der Waals surface area contributed by atoms with Crippen LogP contribution in [0.3, 0.4) is 0 Å². The first-order chi connectivity index (χ1) is 6.24. The normalized spacial score (nSPS) is 19.6. The smallest absolute Gasteiger partial charge is 0.128 e. The van der Waals surface area contributed by atoms with Gasteiger partial charge in [0.2, 0.25) is 0 Å². The molecule has 1 aliphatic rings. The third-order valence-electron chi connectivity index (χ3n) is 2.43. The summed E-state index contributed by atoms with van der Waals surface area (Å²) in [7, 11) is 0. The molecular formula is C10H7ClFN. The summed E-state index contributed by atoms with van der Waals surface area (Å²) in [5, 5.41) is 9.35. The monoisotopic (exact) mass is 195 g/mol. The second-order valence-electron chi connectivity index (χ2n) is 3.14. The van der Waals surface area contributed by atoms with E-state index in [0.717, 1.165) is 5.56 Å². The third kappa shape index (κ3) is 1.20. The molecule has 0 aromatic heterocycles. The lowest BCUT2D eigenvalue weighted by atomic mass is 10.0. The highest BCUT2D eigenvalue weighted by Gasteiger charge is 2.27. The van der Waals surface area contributed by atoms with Gasteiger partial charge in [-0.2, -0.15) is 5.26 Å². The molecule has 1 nitrogen and oxygen atoms in total. The standard InChI is InChI=1S/C10H7ClFN/c11-8-3-4-9(12)10-6(5-13)1-2-7(8)10/h3-4,6H,1-2H2. The molecule has 0 saturated heterocycles. The Kier molecular flexibility index (Phi) is 1.97. The van der Waals surface area contributed by atoms with Gasteiger partial charge in [-0.15, -0.1) is 0 Å². The first-order valence-corrected chi connectivity index (χ1v) is 4.48. The number of fused-ring (bicyclic) bond motifs is 1. The summed E-state index contributed by atoms with van der Waals surface area (Å²) in [6, 6.07) is 4.97. The Morgan fingerprint density at radius 1 is 1.54 bits per heavy atom. The van der Waals surface area contributed by atoms with Crippen molar-refractivity contribution < 1.29 is 4.39 Å². The van der Waals surface area contributed by atoms with Crippen LogP contribution in [0.1, 0.15) is 23.5 Å². The van der Waals surface area contributed by atoms with Crippen molar-refractivity contribution >= 4 is 11.6 Å². The molecule has 0 bridgehead atoms. The summed E-state index contributed by atoms with van der Waals surface area (Å²) in [5.41, 5.74) is 1.32. The van der Waals surface area contributed by atoms with Crippen LogP contribution in [-0.4, -0.2) is 0 Å². The summed E-state index contributed by atoms with van der Waals surface area (Å²) in [5.74, 6) is -0.614. The first-order valence-electron chi connectivity index (χ1n) is 4.10. The van der Waals surface area contributed by atoms with E-state index in [1.165, 1.54) is 6.07 Å². The number of hydrogen-bond acceptors (Lipinski definition) is 1. The quantitative estimate of drug-likeness (QED) is 0.624. The van der Waals surface area contributed by atoms with Crippen LogP contribution < -0.4 is 0 Å². The van der Waals surface area contributed by atoms with Gasteiger partial charge in [0.15, 0.2) is 0 Å². The fourth-order valence-electron chi connectivity index (χ4n) is 1.80. The Morgan fingerprint density at radius 2 is 2.31 bits per heavy atom. The van der Waals surface area contributed by atoms with Gasteiger partial charge in [0.1, 0.15) is 5.82 Å². The van der Waals surface area contributed by atoms with Crippen molar-refractivity contribution in [1.29, 1.82) is 5.26 Å². The van der Waals surface area contributed by atoms with Crippen LogP contribution in [0.15, 0.2) is 12.1 Å². The lowest BCUT2D eigenvalue weighted by Crippen LogP contribution is -1.94. The SMILES string of the molecule is N#CC1CCc2c(Cl)ccc(F)c21. The first kappa shape index (κ1) is 8.52. The van der Waals surface area contributed by atoms with Crippen LogP contribution >= 0.6 is 11.6 Å². The summed E-state index contributed by atoms with van der Waals surface area (Å²) in [6.45, 7) is 0. The topological polar surface area (TPSA) is 23.8 Å². The minimum absolute atomic E-state index is 0.302. The molecule has 0 aliphatic heterocycles. The second-order valence-corrected chi connectivity index (χ2v) is 3.55. The Bertz CT molecular complexity index is 395. The molecule has 0 amide bonds. The molecule has 1 aromatic carbocycles. The van der Waals surface area contributed by atoms with Crippen LogP contribution in [0.2, 0.25) is 5.02 Å².